The number of ether oxygens (including phenoxy) is 1. The van der Waals surface area contributed by atoms with Crippen molar-refractivity contribution in [2.24, 2.45) is 0 Å². The first-order valence-electron chi connectivity index (χ1n) is 6.60. The van der Waals surface area contributed by atoms with Crippen LogP contribution in [-0.4, -0.2) is 56.6 Å². The van der Waals surface area contributed by atoms with Gasteiger partial charge in [-0.1, -0.05) is 0 Å². The van der Waals surface area contributed by atoms with Crippen molar-refractivity contribution in [3.05, 3.63) is 11.9 Å². The van der Waals surface area contributed by atoms with Crippen LogP contribution < -0.4 is 10.2 Å². The Morgan fingerprint density at radius 1 is 1.35 bits per heavy atom. The maximum Gasteiger partial charge on any atom is 0.158 e. The van der Waals surface area contributed by atoms with Crippen molar-refractivity contribution in [1.29, 1.82) is 0 Å². The Labute approximate surface area is 119 Å². The summed E-state index contributed by atoms with van der Waals surface area (Å²) >= 11 is 0. The van der Waals surface area contributed by atoms with E-state index in [-0.39, 0.29) is 11.5 Å². The van der Waals surface area contributed by atoms with Crippen LogP contribution >= 0.6 is 0 Å². The summed E-state index contributed by atoms with van der Waals surface area (Å²) in [4.78, 5) is 10.8. The van der Waals surface area contributed by atoms with E-state index in [9.17, 15) is 8.42 Å². The lowest BCUT2D eigenvalue weighted by Gasteiger charge is -2.28. The number of rotatable bonds is 5. The minimum atomic E-state index is -2.89. The second-order valence-electron chi connectivity index (χ2n) is 4.63. The summed E-state index contributed by atoms with van der Waals surface area (Å²) in [6.45, 7) is 4.02. The van der Waals surface area contributed by atoms with Crippen LogP contribution in [-0.2, 0) is 21.2 Å². The lowest BCUT2D eigenvalue weighted by molar-refractivity contribution is 0.178. The standard InChI is InChI=1S/C12H20N4O3S/c1-3-13-10-8-12(15-11(14-10)9-19-2)16-4-6-20(17,18)7-5-16/h8H,3-7,9H2,1-2H3,(H,13,14,15). The zero-order chi connectivity index (χ0) is 14.6. The van der Waals surface area contributed by atoms with Crippen LogP contribution in [0.3, 0.4) is 0 Å². The minimum absolute atomic E-state index is 0.174. The van der Waals surface area contributed by atoms with Crippen molar-refractivity contribution < 1.29 is 13.2 Å². The van der Waals surface area contributed by atoms with E-state index in [1.54, 1.807) is 7.11 Å². The van der Waals surface area contributed by atoms with E-state index in [2.05, 4.69) is 15.3 Å². The van der Waals surface area contributed by atoms with Gasteiger partial charge in [-0.2, -0.15) is 0 Å². The van der Waals surface area contributed by atoms with Crippen LogP contribution in [0.2, 0.25) is 0 Å². The van der Waals surface area contributed by atoms with Crippen molar-refractivity contribution in [3.8, 4) is 0 Å². The third kappa shape index (κ3) is 3.80. The number of anilines is 2. The number of methoxy groups -OCH3 is 1. The van der Waals surface area contributed by atoms with Gasteiger partial charge in [-0.3, -0.25) is 0 Å². The molecule has 0 aliphatic carbocycles. The van der Waals surface area contributed by atoms with Crippen LogP contribution in [0.15, 0.2) is 6.07 Å². The lowest BCUT2D eigenvalue weighted by atomic mass is 10.4. The molecule has 1 fully saturated rings. The first kappa shape index (κ1) is 15.0. The smallest absolute Gasteiger partial charge is 0.158 e. The maximum absolute atomic E-state index is 11.5. The Morgan fingerprint density at radius 3 is 2.65 bits per heavy atom. The molecule has 1 aromatic heterocycles. The van der Waals surface area contributed by atoms with E-state index < -0.39 is 9.84 Å². The largest absolute Gasteiger partial charge is 0.377 e. The molecule has 1 aliphatic heterocycles. The van der Waals surface area contributed by atoms with Crippen molar-refractivity contribution in [1.82, 2.24) is 9.97 Å². The SMILES string of the molecule is CCNc1cc(N2CCS(=O)(=O)CC2)nc(COC)n1. The summed E-state index contributed by atoms with van der Waals surface area (Å²) in [5.41, 5.74) is 0. The van der Waals surface area contributed by atoms with Gasteiger partial charge >= 0.3 is 0 Å². The summed E-state index contributed by atoms with van der Waals surface area (Å²) in [5.74, 6) is 2.42. The van der Waals surface area contributed by atoms with Gasteiger partial charge in [0.25, 0.3) is 0 Å². The Kier molecular flexibility index (Phi) is 4.77. The van der Waals surface area contributed by atoms with Crippen molar-refractivity contribution in [2.45, 2.75) is 13.5 Å². The van der Waals surface area contributed by atoms with Gasteiger partial charge < -0.3 is 15.0 Å². The molecular weight excluding hydrogens is 280 g/mol. The fourth-order valence-electron chi connectivity index (χ4n) is 2.05. The van der Waals surface area contributed by atoms with Crippen LogP contribution in [0.1, 0.15) is 12.7 Å². The highest BCUT2D eigenvalue weighted by Crippen LogP contribution is 2.18. The molecule has 0 saturated carbocycles. The molecule has 20 heavy (non-hydrogen) atoms. The normalized spacial score (nSPS) is 18.0. The van der Waals surface area contributed by atoms with Crippen LogP contribution in [0, 0.1) is 0 Å². The molecule has 0 bridgehead atoms. The average Bonchev–Trinajstić information content (AvgIpc) is 2.39. The predicted molar refractivity (Wildman–Crippen MR) is 77.8 cm³/mol. The van der Waals surface area contributed by atoms with Crippen LogP contribution in [0.4, 0.5) is 11.6 Å². The predicted octanol–water partition coefficient (Wildman–Crippen LogP) is 0.290. The highest BCUT2D eigenvalue weighted by atomic mass is 32.2. The first-order valence-corrected chi connectivity index (χ1v) is 8.42. The number of sulfone groups is 1. The Hall–Kier alpha value is -1.41. The van der Waals surface area contributed by atoms with Gasteiger partial charge in [0, 0.05) is 32.8 Å². The molecule has 0 atom stereocenters. The fraction of sp³-hybridized carbons (Fsp3) is 0.667. The second-order valence-corrected chi connectivity index (χ2v) is 6.93. The minimum Gasteiger partial charge on any atom is -0.377 e. The quantitative estimate of drug-likeness (QED) is 0.836. The molecular formula is C12H20N4O3S. The molecule has 1 saturated heterocycles. The van der Waals surface area contributed by atoms with Gasteiger partial charge in [0.05, 0.1) is 11.5 Å². The van der Waals surface area contributed by atoms with Crippen molar-refractivity contribution >= 4 is 21.5 Å². The van der Waals surface area contributed by atoms with Gasteiger partial charge in [-0.05, 0) is 6.92 Å². The zero-order valence-corrected chi connectivity index (χ0v) is 12.6. The number of aromatic nitrogens is 2. The molecule has 1 aromatic rings. The monoisotopic (exact) mass is 300 g/mol. The van der Waals surface area contributed by atoms with E-state index in [1.165, 1.54) is 0 Å². The molecule has 1 N–H and O–H groups in total. The molecule has 0 unspecified atom stereocenters. The lowest BCUT2D eigenvalue weighted by Crippen LogP contribution is -2.40. The van der Waals surface area contributed by atoms with E-state index in [0.717, 1.165) is 18.2 Å². The topological polar surface area (TPSA) is 84.4 Å². The Balaban J connectivity index is 2.21. The molecule has 8 heteroatoms. The second kappa shape index (κ2) is 6.36. The van der Waals surface area contributed by atoms with E-state index in [4.69, 9.17) is 4.74 Å². The van der Waals surface area contributed by atoms with Crippen LogP contribution in [0.25, 0.3) is 0 Å². The van der Waals surface area contributed by atoms with Gasteiger partial charge in [0.1, 0.15) is 18.2 Å². The number of hydrogen-bond acceptors (Lipinski definition) is 7. The number of nitrogens with zero attached hydrogens (tertiary/aromatic N) is 3. The number of nitrogens with one attached hydrogen (secondary N) is 1. The molecule has 112 valence electrons. The van der Waals surface area contributed by atoms with E-state index in [1.807, 2.05) is 17.9 Å². The summed E-state index contributed by atoms with van der Waals surface area (Å²) in [7, 11) is -1.30. The van der Waals surface area contributed by atoms with Gasteiger partial charge in [-0.25, -0.2) is 18.4 Å². The molecule has 0 spiro atoms. The molecule has 0 radical (unpaired) electrons. The van der Waals surface area contributed by atoms with Gasteiger partial charge in [-0.15, -0.1) is 0 Å². The summed E-state index contributed by atoms with van der Waals surface area (Å²) in [6, 6.07) is 1.85. The van der Waals surface area contributed by atoms with E-state index in [0.29, 0.717) is 25.5 Å². The third-order valence-corrected chi connectivity index (χ3v) is 4.67. The van der Waals surface area contributed by atoms with Gasteiger partial charge in [0.15, 0.2) is 15.7 Å². The molecule has 2 rings (SSSR count). The molecule has 7 nitrogen and oxygen atoms in total. The average molecular weight is 300 g/mol. The number of hydrogen-bond donors (Lipinski definition) is 1. The van der Waals surface area contributed by atoms with E-state index >= 15 is 0 Å². The Morgan fingerprint density at radius 2 is 2.05 bits per heavy atom. The van der Waals surface area contributed by atoms with Crippen molar-refractivity contribution in [2.75, 3.05) is 48.5 Å². The molecule has 2 heterocycles. The summed E-state index contributed by atoms with van der Waals surface area (Å²) < 4.78 is 28.0. The molecule has 1 aliphatic rings. The molecule has 0 amide bonds. The fourth-order valence-corrected chi connectivity index (χ4v) is 3.25. The summed E-state index contributed by atoms with van der Waals surface area (Å²) in [5, 5.41) is 3.15. The highest BCUT2D eigenvalue weighted by Gasteiger charge is 2.23. The summed E-state index contributed by atoms with van der Waals surface area (Å²) in [6.07, 6.45) is 0. The Bertz CT molecular complexity index is 524. The highest BCUT2D eigenvalue weighted by molar-refractivity contribution is 7.91. The third-order valence-electron chi connectivity index (χ3n) is 3.06. The molecule has 0 aromatic carbocycles. The first-order chi connectivity index (χ1) is 9.54. The zero-order valence-electron chi connectivity index (χ0n) is 11.8. The maximum atomic E-state index is 11.5. The van der Waals surface area contributed by atoms with Gasteiger partial charge in [0.2, 0.25) is 0 Å². The van der Waals surface area contributed by atoms with Crippen molar-refractivity contribution in [3.63, 3.8) is 0 Å². The van der Waals surface area contributed by atoms with Crippen LogP contribution in [0.5, 0.6) is 0 Å².